The molecular weight excluding hydrogens is 416 g/mol. The van der Waals surface area contributed by atoms with Crippen LogP contribution in [-0.2, 0) is 22.6 Å². The molecule has 0 spiro atoms. The van der Waals surface area contributed by atoms with E-state index in [0.717, 1.165) is 68.1 Å². The molecule has 3 aliphatic rings. The molecule has 2 fully saturated rings. The molecule has 2 saturated heterocycles. The molecule has 0 saturated carbocycles. The van der Waals surface area contributed by atoms with Crippen LogP contribution in [0.1, 0.15) is 67.3 Å². The normalized spacial score (nSPS) is 20.8. The minimum Gasteiger partial charge on any atom is -0.350 e. The minimum atomic E-state index is -0.133. The van der Waals surface area contributed by atoms with Crippen LogP contribution in [0.15, 0.2) is 24.4 Å². The number of amides is 2. The minimum absolute atomic E-state index is 0.0132. The van der Waals surface area contributed by atoms with Gasteiger partial charge < -0.3 is 14.7 Å². The van der Waals surface area contributed by atoms with Crippen LogP contribution in [0.3, 0.4) is 0 Å². The SMILES string of the molecule is Cc1nc([C@@H]2CCCCN2C(=O)CN2CCCC2=O)nc2c1CCCN2Cc1ccccn1. The predicted molar refractivity (Wildman–Crippen MR) is 124 cm³/mol. The highest BCUT2D eigenvalue weighted by Gasteiger charge is 2.34. The van der Waals surface area contributed by atoms with Crippen LogP contribution in [0.4, 0.5) is 5.82 Å². The van der Waals surface area contributed by atoms with Crippen molar-refractivity contribution in [1.82, 2.24) is 24.8 Å². The Morgan fingerprint density at radius 3 is 2.67 bits per heavy atom. The van der Waals surface area contributed by atoms with E-state index in [4.69, 9.17) is 9.97 Å². The maximum atomic E-state index is 13.2. The maximum Gasteiger partial charge on any atom is 0.242 e. The zero-order valence-corrected chi connectivity index (χ0v) is 19.4. The number of rotatable bonds is 5. The molecule has 5 rings (SSSR count). The number of carbonyl (C=O) groups is 2. The second-order valence-corrected chi connectivity index (χ2v) is 9.33. The molecule has 174 valence electrons. The van der Waals surface area contributed by atoms with Crippen molar-refractivity contribution in [3.05, 3.63) is 47.2 Å². The largest absolute Gasteiger partial charge is 0.350 e. The summed E-state index contributed by atoms with van der Waals surface area (Å²) in [4.78, 5) is 45.7. The number of piperidine rings is 1. The fraction of sp³-hybridized carbons (Fsp3) is 0.560. The van der Waals surface area contributed by atoms with Gasteiger partial charge in [-0.1, -0.05) is 6.07 Å². The van der Waals surface area contributed by atoms with Gasteiger partial charge in [0.15, 0.2) is 5.82 Å². The highest BCUT2D eigenvalue weighted by Crippen LogP contribution is 2.34. The molecule has 0 aromatic carbocycles. The molecule has 5 heterocycles. The number of hydrogen-bond donors (Lipinski definition) is 0. The highest BCUT2D eigenvalue weighted by molar-refractivity contribution is 5.86. The second-order valence-electron chi connectivity index (χ2n) is 9.33. The summed E-state index contributed by atoms with van der Waals surface area (Å²) in [5.41, 5.74) is 3.23. The van der Waals surface area contributed by atoms with Crippen molar-refractivity contribution in [1.29, 1.82) is 0 Å². The number of hydrogen-bond acceptors (Lipinski definition) is 6. The van der Waals surface area contributed by atoms with E-state index in [1.807, 2.05) is 29.3 Å². The second kappa shape index (κ2) is 9.45. The van der Waals surface area contributed by atoms with Gasteiger partial charge in [-0.3, -0.25) is 14.6 Å². The Kier molecular flexibility index (Phi) is 6.24. The van der Waals surface area contributed by atoms with Crippen LogP contribution in [-0.4, -0.2) is 62.7 Å². The Balaban J connectivity index is 1.41. The third-order valence-corrected chi connectivity index (χ3v) is 7.06. The summed E-state index contributed by atoms with van der Waals surface area (Å²) in [6.45, 7) is 5.26. The van der Waals surface area contributed by atoms with Gasteiger partial charge in [-0.25, -0.2) is 9.97 Å². The highest BCUT2D eigenvalue weighted by atomic mass is 16.2. The average molecular weight is 449 g/mol. The number of aryl methyl sites for hydroxylation is 1. The Labute approximate surface area is 195 Å². The Hall–Kier alpha value is -3.03. The molecule has 8 heteroatoms. The van der Waals surface area contributed by atoms with Crippen molar-refractivity contribution in [2.75, 3.05) is 31.1 Å². The van der Waals surface area contributed by atoms with Crippen LogP contribution in [0.25, 0.3) is 0 Å². The summed E-state index contributed by atoms with van der Waals surface area (Å²) in [5, 5.41) is 0. The molecule has 2 amide bonds. The first-order valence-corrected chi connectivity index (χ1v) is 12.2. The van der Waals surface area contributed by atoms with Gasteiger partial charge in [0, 0.05) is 43.5 Å². The number of likely N-dealkylation sites (tertiary alicyclic amines) is 2. The first-order chi connectivity index (χ1) is 16.1. The number of fused-ring (bicyclic) bond motifs is 1. The molecule has 2 aromatic heterocycles. The number of aromatic nitrogens is 3. The van der Waals surface area contributed by atoms with Crippen LogP contribution in [0.5, 0.6) is 0 Å². The molecular formula is C25H32N6O2. The zero-order valence-electron chi connectivity index (χ0n) is 19.4. The monoisotopic (exact) mass is 448 g/mol. The van der Waals surface area contributed by atoms with E-state index in [2.05, 4.69) is 16.8 Å². The molecule has 33 heavy (non-hydrogen) atoms. The number of carbonyl (C=O) groups excluding carboxylic acids is 2. The average Bonchev–Trinajstić information content (AvgIpc) is 3.24. The lowest BCUT2D eigenvalue weighted by Gasteiger charge is -2.37. The van der Waals surface area contributed by atoms with Gasteiger partial charge in [-0.05, 0) is 57.6 Å². The third kappa shape index (κ3) is 4.56. The molecule has 0 unspecified atom stereocenters. The fourth-order valence-corrected chi connectivity index (χ4v) is 5.32. The van der Waals surface area contributed by atoms with Crippen molar-refractivity contribution in [3.63, 3.8) is 0 Å². The van der Waals surface area contributed by atoms with Gasteiger partial charge >= 0.3 is 0 Å². The summed E-state index contributed by atoms with van der Waals surface area (Å²) in [5.74, 6) is 1.82. The third-order valence-electron chi connectivity index (χ3n) is 7.06. The molecule has 1 atom stereocenters. The molecule has 2 aromatic rings. The summed E-state index contributed by atoms with van der Waals surface area (Å²) in [6, 6.07) is 5.86. The summed E-state index contributed by atoms with van der Waals surface area (Å²) >= 11 is 0. The van der Waals surface area contributed by atoms with Crippen molar-refractivity contribution < 1.29 is 9.59 Å². The Bertz CT molecular complexity index is 1030. The van der Waals surface area contributed by atoms with Crippen molar-refractivity contribution in [2.45, 2.75) is 64.5 Å². The molecule has 0 bridgehead atoms. The number of nitrogens with zero attached hydrogens (tertiary/aromatic N) is 6. The smallest absolute Gasteiger partial charge is 0.242 e. The van der Waals surface area contributed by atoms with E-state index in [0.29, 0.717) is 26.1 Å². The first kappa shape index (κ1) is 21.8. The van der Waals surface area contributed by atoms with E-state index >= 15 is 0 Å². The van der Waals surface area contributed by atoms with E-state index in [1.165, 1.54) is 5.56 Å². The van der Waals surface area contributed by atoms with E-state index in [1.54, 1.807) is 4.90 Å². The summed E-state index contributed by atoms with van der Waals surface area (Å²) in [6.07, 6.45) is 8.16. The van der Waals surface area contributed by atoms with Gasteiger partial charge in [0.05, 0.1) is 24.8 Å². The lowest BCUT2D eigenvalue weighted by molar-refractivity contribution is -0.141. The Morgan fingerprint density at radius 2 is 1.88 bits per heavy atom. The summed E-state index contributed by atoms with van der Waals surface area (Å²) < 4.78 is 0. The van der Waals surface area contributed by atoms with Crippen molar-refractivity contribution in [3.8, 4) is 0 Å². The van der Waals surface area contributed by atoms with Crippen LogP contribution >= 0.6 is 0 Å². The number of anilines is 1. The lowest BCUT2D eigenvalue weighted by Crippen LogP contribution is -2.45. The topological polar surface area (TPSA) is 82.5 Å². The van der Waals surface area contributed by atoms with E-state index < -0.39 is 0 Å². The predicted octanol–water partition coefficient (Wildman–Crippen LogP) is 2.81. The first-order valence-electron chi connectivity index (χ1n) is 12.2. The van der Waals surface area contributed by atoms with Crippen LogP contribution in [0.2, 0.25) is 0 Å². The fourth-order valence-electron chi connectivity index (χ4n) is 5.32. The van der Waals surface area contributed by atoms with E-state index in [9.17, 15) is 9.59 Å². The molecule has 0 radical (unpaired) electrons. The van der Waals surface area contributed by atoms with Crippen molar-refractivity contribution in [2.24, 2.45) is 0 Å². The molecule has 3 aliphatic heterocycles. The summed E-state index contributed by atoms with van der Waals surface area (Å²) in [7, 11) is 0. The van der Waals surface area contributed by atoms with Crippen LogP contribution in [0, 0.1) is 6.92 Å². The lowest BCUT2D eigenvalue weighted by atomic mass is 9.99. The zero-order chi connectivity index (χ0) is 22.8. The van der Waals surface area contributed by atoms with Gasteiger partial charge in [-0.15, -0.1) is 0 Å². The van der Waals surface area contributed by atoms with E-state index in [-0.39, 0.29) is 24.4 Å². The number of pyridine rings is 1. The molecule has 8 nitrogen and oxygen atoms in total. The standard InChI is InChI=1S/C25H32N6O2/c1-18-20-9-6-14-30(16-19-8-2-4-12-26-19)25(20)28-24(27-18)21-10-3-5-15-31(21)23(33)17-29-13-7-11-22(29)32/h2,4,8,12,21H,3,5-7,9-11,13-17H2,1H3/t21-/m0/s1. The maximum absolute atomic E-state index is 13.2. The van der Waals surface area contributed by atoms with Gasteiger partial charge in [0.25, 0.3) is 0 Å². The molecule has 0 aliphatic carbocycles. The quantitative estimate of drug-likeness (QED) is 0.700. The van der Waals surface area contributed by atoms with Gasteiger partial charge in [0.2, 0.25) is 11.8 Å². The van der Waals surface area contributed by atoms with Gasteiger partial charge in [-0.2, -0.15) is 0 Å². The van der Waals surface area contributed by atoms with Gasteiger partial charge in [0.1, 0.15) is 5.82 Å². The molecule has 0 N–H and O–H groups in total. The van der Waals surface area contributed by atoms with Crippen LogP contribution < -0.4 is 4.90 Å². The van der Waals surface area contributed by atoms with Crippen molar-refractivity contribution >= 4 is 17.6 Å². The Morgan fingerprint density at radius 1 is 1.03 bits per heavy atom.